The van der Waals surface area contributed by atoms with Gasteiger partial charge in [0.1, 0.15) is 16.3 Å². The number of rotatable bonds is 3. The Morgan fingerprint density at radius 1 is 1.04 bits per heavy atom. The summed E-state index contributed by atoms with van der Waals surface area (Å²) in [4.78, 5) is 29.0. The van der Waals surface area contributed by atoms with Crippen LogP contribution >= 0.6 is 11.3 Å². The molecular formula is C21H11NO5S. The van der Waals surface area contributed by atoms with Gasteiger partial charge in [-0.1, -0.05) is 12.1 Å². The Hall–Kier alpha value is -3.71. The van der Waals surface area contributed by atoms with Crippen molar-refractivity contribution in [2.45, 2.75) is 0 Å². The fourth-order valence-electron chi connectivity index (χ4n) is 2.84. The highest BCUT2D eigenvalue weighted by molar-refractivity contribution is 7.21. The number of esters is 1. The second-order valence-corrected chi connectivity index (χ2v) is 7.03. The highest BCUT2D eigenvalue weighted by atomic mass is 32.1. The number of para-hydroxylation sites is 1. The maximum atomic E-state index is 12.5. The van der Waals surface area contributed by atoms with Crippen molar-refractivity contribution in [1.82, 2.24) is 4.98 Å². The van der Waals surface area contributed by atoms with Crippen molar-refractivity contribution in [2.24, 2.45) is 0 Å². The Morgan fingerprint density at radius 3 is 2.75 bits per heavy atom. The van der Waals surface area contributed by atoms with Crippen LogP contribution in [-0.2, 0) is 0 Å². The molecule has 0 atom stereocenters. The highest BCUT2D eigenvalue weighted by Gasteiger charge is 2.15. The number of carbonyl (C=O) groups excluding carboxylic acids is 1. The normalized spacial score (nSPS) is 11.1. The van der Waals surface area contributed by atoms with E-state index in [9.17, 15) is 9.59 Å². The van der Waals surface area contributed by atoms with E-state index in [1.165, 1.54) is 29.7 Å². The molecule has 5 rings (SSSR count). The number of carbonyl (C=O) groups is 1. The molecule has 5 aromatic rings. The summed E-state index contributed by atoms with van der Waals surface area (Å²) in [6, 6.07) is 17.4. The summed E-state index contributed by atoms with van der Waals surface area (Å²) < 4.78 is 16.7. The van der Waals surface area contributed by atoms with Gasteiger partial charge in [-0.15, -0.1) is 11.3 Å². The van der Waals surface area contributed by atoms with E-state index in [0.717, 1.165) is 10.2 Å². The molecule has 0 bridgehead atoms. The van der Waals surface area contributed by atoms with Crippen molar-refractivity contribution >= 4 is 38.5 Å². The van der Waals surface area contributed by atoms with Gasteiger partial charge in [0.2, 0.25) is 5.76 Å². The van der Waals surface area contributed by atoms with Gasteiger partial charge >= 0.3 is 11.6 Å². The fourth-order valence-corrected chi connectivity index (χ4v) is 3.81. The molecule has 0 fully saturated rings. The maximum absolute atomic E-state index is 12.5. The third kappa shape index (κ3) is 2.87. The first-order chi connectivity index (χ1) is 13.7. The van der Waals surface area contributed by atoms with Crippen LogP contribution in [0.1, 0.15) is 10.6 Å². The van der Waals surface area contributed by atoms with E-state index in [0.29, 0.717) is 21.5 Å². The Balaban J connectivity index is 1.52. The lowest BCUT2D eigenvalue weighted by Crippen LogP contribution is -2.07. The minimum absolute atomic E-state index is 0.0905. The Kier molecular flexibility index (Phi) is 3.80. The van der Waals surface area contributed by atoms with Gasteiger partial charge in [0.05, 0.1) is 22.0 Å². The molecule has 2 aromatic carbocycles. The molecule has 136 valence electrons. The molecular weight excluding hydrogens is 378 g/mol. The average molecular weight is 389 g/mol. The topological polar surface area (TPSA) is 82.5 Å². The van der Waals surface area contributed by atoms with Crippen LogP contribution in [0.2, 0.25) is 0 Å². The number of hydrogen-bond donors (Lipinski definition) is 0. The summed E-state index contributed by atoms with van der Waals surface area (Å²) >= 11 is 1.43. The Morgan fingerprint density at radius 2 is 1.93 bits per heavy atom. The second-order valence-electron chi connectivity index (χ2n) is 6.00. The summed E-state index contributed by atoms with van der Waals surface area (Å²) in [5.74, 6) is -0.282. The van der Waals surface area contributed by atoms with E-state index in [2.05, 4.69) is 4.98 Å². The fraction of sp³-hybridized carbons (Fsp3) is 0. The summed E-state index contributed by atoms with van der Waals surface area (Å²) in [7, 11) is 0. The van der Waals surface area contributed by atoms with Crippen LogP contribution in [-0.4, -0.2) is 11.0 Å². The number of benzene rings is 2. The van der Waals surface area contributed by atoms with Crippen molar-refractivity contribution < 1.29 is 18.4 Å². The van der Waals surface area contributed by atoms with Crippen LogP contribution in [0, 0.1) is 0 Å². The van der Waals surface area contributed by atoms with Crippen LogP contribution in [0.5, 0.6) is 5.75 Å². The van der Waals surface area contributed by atoms with Crippen LogP contribution in [0.15, 0.2) is 80.6 Å². The molecule has 0 amide bonds. The van der Waals surface area contributed by atoms with Gasteiger partial charge in [0, 0.05) is 11.5 Å². The lowest BCUT2D eigenvalue weighted by atomic mass is 10.2. The zero-order valence-electron chi connectivity index (χ0n) is 14.2. The number of fused-ring (bicyclic) bond motifs is 2. The molecule has 6 nitrogen and oxygen atoms in total. The van der Waals surface area contributed by atoms with Gasteiger partial charge in [0.25, 0.3) is 0 Å². The van der Waals surface area contributed by atoms with E-state index in [-0.39, 0.29) is 11.5 Å². The molecule has 0 aliphatic carbocycles. The van der Waals surface area contributed by atoms with Gasteiger partial charge in [-0.25, -0.2) is 14.6 Å². The van der Waals surface area contributed by atoms with Gasteiger partial charge < -0.3 is 13.6 Å². The lowest BCUT2D eigenvalue weighted by Gasteiger charge is -2.04. The zero-order valence-corrected chi connectivity index (χ0v) is 15.1. The van der Waals surface area contributed by atoms with Crippen molar-refractivity contribution in [3.05, 3.63) is 83.1 Å². The van der Waals surface area contributed by atoms with Crippen LogP contribution in [0.25, 0.3) is 31.8 Å². The number of ether oxygens (including phenoxy) is 1. The monoisotopic (exact) mass is 389 g/mol. The first-order valence-electron chi connectivity index (χ1n) is 8.37. The summed E-state index contributed by atoms with van der Waals surface area (Å²) in [5, 5.41) is 1.30. The minimum atomic E-state index is -0.627. The first kappa shape index (κ1) is 16.5. The molecule has 0 aliphatic rings. The van der Waals surface area contributed by atoms with Gasteiger partial charge in [-0.05, 0) is 42.5 Å². The zero-order chi connectivity index (χ0) is 19.1. The van der Waals surface area contributed by atoms with E-state index in [4.69, 9.17) is 13.6 Å². The minimum Gasteiger partial charge on any atom is -0.457 e. The van der Waals surface area contributed by atoms with Crippen molar-refractivity contribution in [3.8, 4) is 16.3 Å². The summed E-state index contributed by atoms with van der Waals surface area (Å²) in [6.07, 6.45) is 1.39. The standard InChI is InChI=1S/C21H11NO5S/c23-20-14(19-22-15-4-1-2-6-18(15)28-19)10-12-7-8-13(11-17(12)27-20)26-21(24)16-5-3-9-25-16/h1-11H. The van der Waals surface area contributed by atoms with E-state index >= 15 is 0 Å². The summed E-state index contributed by atoms with van der Waals surface area (Å²) in [5.41, 5.74) is 1.05. The van der Waals surface area contributed by atoms with Crippen LogP contribution in [0.3, 0.4) is 0 Å². The van der Waals surface area contributed by atoms with Crippen molar-refractivity contribution in [2.75, 3.05) is 0 Å². The molecule has 0 unspecified atom stereocenters. The summed E-state index contributed by atoms with van der Waals surface area (Å²) in [6.45, 7) is 0. The molecule has 0 saturated heterocycles. The lowest BCUT2D eigenvalue weighted by molar-refractivity contribution is 0.0701. The number of nitrogens with zero attached hydrogens (tertiary/aromatic N) is 1. The smallest absolute Gasteiger partial charge is 0.379 e. The van der Waals surface area contributed by atoms with Crippen molar-refractivity contribution in [1.29, 1.82) is 0 Å². The number of hydrogen-bond acceptors (Lipinski definition) is 7. The third-order valence-electron chi connectivity index (χ3n) is 4.16. The van der Waals surface area contributed by atoms with Crippen molar-refractivity contribution in [3.63, 3.8) is 0 Å². The molecule has 0 saturated carbocycles. The third-order valence-corrected chi connectivity index (χ3v) is 5.23. The quantitative estimate of drug-likeness (QED) is 0.248. The molecule has 3 heterocycles. The molecule has 0 aliphatic heterocycles. The number of aromatic nitrogens is 1. The predicted molar refractivity (Wildman–Crippen MR) is 105 cm³/mol. The second kappa shape index (κ2) is 6.47. The molecule has 28 heavy (non-hydrogen) atoms. The van der Waals surface area contributed by atoms with Gasteiger partial charge in [-0.3, -0.25) is 0 Å². The largest absolute Gasteiger partial charge is 0.457 e. The Labute approximate surface area is 161 Å². The SMILES string of the molecule is O=C(Oc1ccc2cc(-c3nc4ccccc4s3)c(=O)oc2c1)c1ccco1. The molecule has 0 radical (unpaired) electrons. The maximum Gasteiger partial charge on any atom is 0.379 e. The predicted octanol–water partition coefficient (Wildman–Crippen LogP) is 4.88. The first-order valence-corrected chi connectivity index (χ1v) is 9.18. The Bertz CT molecular complexity index is 1350. The van der Waals surface area contributed by atoms with E-state index in [1.807, 2.05) is 24.3 Å². The van der Waals surface area contributed by atoms with Crippen LogP contribution in [0.4, 0.5) is 0 Å². The van der Waals surface area contributed by atoms with Crippen LogP contribution < -0.4 is 10.4 Å². The van der Waals surface area contributed by atoms with Gasteiger partial charge in [-0.2, -0.15) is 0 Å². The molecule has 7 heteroatoms. The average Bonchev–Trinajstić information content (AvgIpc) is 3.37. The number of thiazole rings is 1. The molecule has 0 N–H and O–H groups in total. The van der Waals surface area contributed by atoms with E-state index in [1.54, 1.807) is 24.3 Å². The van der Waals surface area contributed by atoms with Gasteiger partial charge in [0.15, 0.2) is 0 Å². The number of furan rings is 1. The van der Waals surface area contributed by atoms with E-state index < -0.39 is 11.6 Å². The molecule has 0 spiro atoms. The molecule has 3 aromatic heterocycles. The highest BCUT2D eigenvalue weighted by Crippen LogP contribution is 2.30.